The van der Waals surface area contributed by atoms with E-state index in [0.717, 1.165) is 18.1 Å². The molecule has 128 valence electrons. The van der Waals surface area contributed by atoms with Gasteiger partial charge in [-0.1, -0.05) is 23.3 Å². The van der Waals surface area contributed by atoms with Crippen molar-refractivity contribution in [3.63, 3.8) is 0 Å². The third kappa shape index (κ3) is 3.79. The Kier molecular flexibility index (Phi) is 6.08. The van der Waals surface area contributed by atoms with E-state index < -0.39 is 40.5 Å². The molecule has 0 heterocycles. The molecule has 3 unspecified atom stereocenters. The summed E-state index contributed by atoms with van der Waals surface area (Å²) in [6.07, 6.45) is 2.30. The first-order chi connectivity index (χ1) is 10.5. The second-order valence-electron chi connectivity index (χ2n) is 6.57. The molecule has 3 N–H and O–H groups in total. The van der Waals surface area contributed by atoms with Crippen LogP contribution in [0.4, 0.5) is 0 Å². The molecule has 0 bridgehead atoms. The Morgan fingerprint density at radius 1 is 1.17 bits per heavy atom. The van der Waals surface area contributed by atoms with E-state index in [2.05, 4.69) is 0 Å². The van der Waals surface area contributed by atoms with Crippen molar-refractivity contribution >= 4 is 11.6 Å². The van der Waals surface area contributed by atoms with Gasteiger partial charge in [0.25, 0.3) is 0 Å². The Bertz CT molecular complexity index is 589. The summed E-state index contributed by atoms with van der Waals surface area (Å²) in [6.45, 7) is 8.53. The SMILES string of the molecule is CC(=O)C1=C(O)C(O)(C(O)CC=C(C)C)C(CC=C(C)C)C1=O. The molecule has 5 heteroatoms. The standard InChI is InChI=1S/C18H26O5/c1-10(2)6-8-13-16(21)15(12(5)19)17(22)18(13,23)14(20)9-7-11(3)4/h6-7,13-14,20,22-23H,8-9H2,1-5H3. The fraction of sp³-hybridized carbons (Fsp3) is 0.556. The van der Waals surface area contributed by atoms with Gasteiger partial charge in [-0.15, -0.1) is 0 Å². The molecule has 1 rings (SSSR count). The maximum Gasteiger partial charge on any atom is 0.176 e. The van der Waals surface area contributed by atoms with Crippen molar-refractivity contribution in [2.75, 3.05) is 0 Å². The highest BCUT2D eigenvalue weighted by molar-refractivity contribution is 6.23. The van der Waals surface area contributed by atoms with Gasteiger partial charge in [-0.05, 0) is 47.5 Å². The Labute approximate surface area is 137 Å². The fourth-order valence-electron chi connectivity index (χ4n) is 2.75. The number of allylic oxidation sites excluding steroid dienone is 4. The summed E-state index contributed by atoms with van der Waals surface area (Å²) in [5, 5.41) is 31.6. The number of carbonyl (C=O) groups excluding carboxylic acids is 2. The summed E-state index contributed by atoms with van der Waals surface area (Å²) < 4.78 is 0. The van der Waals surface area contributed by atoms with E-state index in [1.165, 1.54) is 0 Å². The van der Waals surface area contributed by atoms with Gasteiger partial charge in [-0.25, -0.2) is 0 Å². The quantitative estimate of drug-likeness (QED) is 0.515. The van der Waals surface area contributed by atoms with Crippen LogP contribution in [0.2, 0.25) is 0 Å². The van der Waals surface area contributed by atoms with E-state index in [4.69, 9.17) is 0 Å². The topological polar surface area (TPSA) is 94.8 Å². The fourth-order valence-corrected chi connectivity index (χ4v) is 2.75. The zero-order valence-corrected chi connectivity index (χ0v) is 14.4. The second-order valence-corrected chi connectivity index (χ2v) is 6.57. The molecule has 0 amide bonds. The molecule has 0 spiro atoms. The highest BCUT2D eigenvalue weighted by Gasteiger charge is 2.57. The molecular formula is C18H26O5. The van der Waals surface area contributed by atoms with Gasteiger partial charge in [0.2, 0.25) is 0 Å². The molecule has 0 saturated carbocycles. The molecular weight excluding hydrogens is 296 g/mol. The Hall–Kier alpha value is -1.72. The monoisotopic (exact) mass is 322 g/mol. The average molecular weight is 322 g/mol. The molecule has 0 fully saturated rings. The first kappa shape index (κ1) is 19.3. The van der Waals surface area contributed by atoms with E-state index in [1.54, 1.807) is 12.2 Å². The van der Waals surface area contributed by atoms with Crippen LogP contribution in [-0.4, -0.2) is 38.6 Å². The van der Waals surface area contributed by atoms with Gasteiger partial charge >= 0.3 is 0 Å². The molecule has 0 saturated heterocycles. The first-order valence-corrected chi connectivity index (χ1v) is 7.69. The number of aliphatic hydroxyl groups excluding tert-OH is 2. The molecule has 1 aliphatic rings. The van der Waals surface area contributed by atoms with Crippen molar-refractivity contribution in [3.05, 3.63) is 34.6 Å². The van der Waals surface area contributed by atoms with Gasteiger partial charge in [-0.2, -0.15) is 0 Å². The maximum absolute atomic E-state index is 12.5. The predicted molar refractivity (Wildman–Crippen MR) is 87.9 cm³/mol. The minimum absolute atomic E-state index is 0.0761. The smallest absolute Gasteiger partial charge is 0.176 e. The number of carbonyl (C=O) groups is 2. The third-order valence-electron chi connectivity index (χ3n) is 4.08. The van der Waals surface area contributed by atoms with Crippen molar-refractivity contribution < 1.29 is 24.9 Å². The van der Waals surface area contributed by atoms with Gasteiger partial charge in [0.1, 0.15) is 11.3 Å². The predicted octanol–water partition coefficient (Wildman–Crippen LogP) is 2.39. The average Bonchev–Trinajstić information content (AvgIpc) is 2.62. The molecule has 0 aromatic carbocycles. The van der Waals surface area contributed by atoms with Crippen LogP contribution in [-0.2, 0) is 9.59 Å². The van der Waals surface area contributed by atoms with Crippen LogP contribution in [0, 0.1) is 5.92 Å². The van der Waals surface area contributed by atoms with Crippen molar-refractivity contribution in [1.29, 1.82) is 0 Å². The lowest BCUT2D eigenvalue weighted by Crippen LogP contribution is -2.49. The summed E-state index contributed by atoms with van der Waals surface area (Å²) in [5.74, 6) is -3.01. The zero-order chi connectivity index (χ0) is 17.9. The van der Waals surface area contributed by atoms with Gasteiger partial charge in [0.05, 0.1) is 12.0 Å². The van der Waals surface area contributed by atoms with Crippen LogP contribution in [0.25, 0.3) is 0 Å². The summed E-state index contributed by atoms with van der Waals surface area (Å²) >= 11 is 0. The Morgan fingerprint density at radius 2 is 1.70 bits per heavy atom. The minimum Gasteiger partial charge on any atom is -0.508 e. The van der Waals surface area contributed by atoms with Crippen LogP contribution < -0.4 is 0 Å². The van der Waals surface area contributed by atoms with Crippen molar-refractivity contribution in [2.24, 2.45) is 5.92 Å². The molecule has 0 aromatic heterocycles. The third-order valence-corrected chi connectivity index (χ3v) is 4.08. The highest BCUT2D eigenvalue weighted by atomic mass is 16.4. The molecule has 1 aliphatic carbocycles. The normalized spacial score (nSPS) is 25.3. The summed E-state index contributed by atoms with van der Waals surface area (Å²) in [6, 6.07) is 0. The molecule has 0 aromatic rings. The highest BCUT2D eigenvalue weighted by Crippen LogP contribution is 2.42. The lowest BCUT2D eigenvalue weighted by molar-refractivity contribution is -0.134. The zero-order valence-electron chi connectivity index (χ0n) is 14.4. The maximum atomic E-state index is 12.5. The summed E-state index contributed by atoms with van der Waals surface area (Å²) in [7, 11) is 0. The lowest BCUT2D eigenvalue weighted by Gasteiger charge is -2.33. The van der Waals surface area contributed by atoms with Crippen LogP contribution in [0.3, 0.4) is 0 Å². The summed E-state index contributed by atoms with van der Waals surface area (Å²) in [4.78, 5) is 24.1. The molecule has 23 heavy (non-hydrogen) atoms. The second kappa shape index (κ2) is 7.23. The van der Waals surface area contributed by atoms with Crippen LogP contribution >= 0.6 is 0 Å². The van der Waals surface area contributed by atoms with E-state index in [0.29, 0.717) is 0 Å². The number of Topliss-reactive ketones (excluding diaryl/α,β-unsaturated/α-hetero) is 2. The van der Waals surface area contributed by atoms with Gasteiger partial charge in [-0.3, -0.25) is 9.59 Å². The molecule has 0 radical (unpaired) electrons. The number of aliphatic hydroxyl groups is 3. The minimum atomic E-state index is -2.14. The van der Waals surface area contributed by atoms with Gasteiger partial charge in [0.15, 0.2) is 17.2 Å². The lowest BCUT2D eigenvalue weighted by atomic mass is 9.80. The number of hydrogen-bond acceptors (Lipinski definition) is 5. The van der Waals surface area contributed by atoms with Crippen molar-refractivity contribution in [1.82, 2.24) is 0 Å². The largest absolute Gasteiger partial charge is 0.508 e. The van der Waals surface area contributed by atoms with Crippen molar-refractivity contribution in [2.45, 2.75) is 59.2 Å². The number of hydrogen-bond donors (Lipinski definition) is 3. The van der Waals surface area contributed by atoms with Crippen LogP contribution in [0.5, 0.6) is 0 Å². The van der Waals surface area contributed by atoms with Crippen molar-refractivity contribution in [3.8, 4) is 0 Å². The van der Waals surface area contributed by atoms with E-state index in [1.807, 2.05) is 27.7 Å². The first-order valence-electron chi connectivity index (χ1n) is 7.69. The van der Waals surface area contributed by atoms with E-state index in [9.17, 15) is 24.9 Å². The molecule has 3 atom stereocenters. The number of ketones is 2. The van der Waals surface area contributed by atoms with Gasteiger partial charge < -0.3 is 15.3 Å². The van der Waals surface area contributed by atoms with Crippen LogP contribution in [0.15, 0.2) is 34.6 Å². The molecule has 5 nitrogen and oxygen atoms in total. The van der Waals surface area contributed by atoms with E-state index >= 15 is 0 Å². The van der Waals surface area contributed by atoms with Crippen LogP contribution in [0.1, 0.15) is 47.5 Å². The Balaban J connectivity index is 3.33. The number of rotatable bonds is 6. The molecule has 0 aliphatic heterocycles. The van der Waals surface area contributed by atoms with Gasteiger partial charge in [0, 0.05) is 0 Å². The summed E-state index contributed by atoms with van der Waals surface area (Å²) in [5.41, 5.74) is -0.672. The van der Waals surface area contributed by atoms with E-state index in [-0.39, 0.29) is 12.8 Å². The Morgan fingerprint density at radius 3 is 2.13 bits per heavy atom.